The molecule has 2 aromatic rings. The van der Waals surface area contributed by atoms with Crippen molar-refractivity contribution in [3.05, 3.63) is 53.1 Å². The van der Waals surface area contributed by atoms with Crippen molar-refractivity contribution < 1.29 is 9.47 Å². The molecule has 0 saturated carbocycles. The number of anilines is 1. The fraction of sp³-hybridized carbons (Fsp3) is 0.350. The van der Waals surface area contributed by atoms with Crippen LogP contribution in [0.25, 0.3) is 0 Å². The number of benzene rings is 2. The minimum Gasteiger partial charge on any atom is -0.497 e. The molecule has 6 heteroatoms. The Hall–Kier alpha value is -1.96. The monoisotopic (exact) mass is 469 g/mol. The Morgan fingerprint density at radius 1 is 1.04 bits per heavy atom. The number of guanidine groups is 1. The second-order valence-electron chi connectivity index (χ2n) is 5.97. The lowest BCUT2D eigenvalue weighted by atomic mass is 10.1. The van der Waals surface area contributed by atoms with Gasteiger partial charge in [-0.25, -0.2) is 0 Å². The van der Waals surface area contributed by atoms with E-state index in [1.807, 2.05) is 24.3 Å². The van der Waals surface area contributed by atoms with Gasteiger partial charge in [0.1, 0.15) is 11.5 Å². The van der Waals surface area contributed by atoms with Crippen molar-refractivity contribution in [1.29, 1.82) is 0 Å². The number of ether oxygens (including phenoxy) is 2. The first kappa shape index (κ1) is 22.1. The predicted molar refractivity (Wildman–Crippen MR) is 119 cm³/mol. The lowest BCUT2D eigenvalue weighted by Crippen LogP contribution is -2.23. The van der Waals surface area contributed by atoms with E-state index in [9.17, 15) is 0 Å². The first-order valence-corrected chi connectivity index (χ1v) is 8.38. The quantitative estimate of drug-likeness (QED) is 0.275. The lowest BCUT2D eigenvalue weighted by Gasteiger charge is -2.10. The number of nitrogens with zero attached hydrogens (tertiary/aromatic N) is 1. The normalized spacial score (nSPS) is 10.8. The van der Waals surface area contributed by atoms with E-state index in [0.717, 1.165) is 35.6 Å². The first-order valence-electron chi connectivity index (χ1n) is 8.38. The van der Waals surface area contributed by atoms with Crippen molar-refractivity contribution in [2.24, 2.45) is 10.7 Å². The van der Waals surface area contributed by atoms with E-state index in [2.05, 4.69) is 36.3 Å². The Labute approximate surface area is 173 Å². The average Bonchev–Trinajstić information content (AvgIpc) is 2.61. The first-order chi connectivity index (χ1) is 12.0. The molecule has 0 fully saturated rings. The zero-order chi connectivity index (χ0) is 18.2. The second kappa shape index (κ2) is 10.9. The van der Waals surface area contributed by atoms with Crippen LogP contribution in [0.3, 0.4) is 0 Å². The van der Waals surface area contributed by atoms with Crippen molar-refractivity contribution in [3.63, 3.8) is 0 Å². The summed E-state index contributed by atoms with van der Waals surface area (Å²) in [5.41, 5.74) is 10.5. The maximum absolute atomic E-state index is 5.97. The standard InChI is InChI=1S/C20H27N3O2.HI/c1-14-7-8-17(12-15(14)2)23-20(21)22-11-5-6-16-13-18(24-3)9-10-19(16)25-4;/h7-10,12-13H,5-6,11H2,1-4H3,(H3,21,22,23);1H. The molecule has 0 unspecified atom stereocenters. The molecule has 0 aliphatic carbocycles. The number of hydrogen-bond acceptors (Lipinski definition) is 3. The van der Waals surface area contributed by atoms with Crippen molar-refractivity contribution in [2.75, 3.05) is 26.1 Å². The van der Waals surface area contributed by atoms with Gasteiger partial charge in [0.15, 0.2) is 5.96 Å². The fourth-order valence-electron chi connectivity index (χ4n) is 2.55. The molecule has 0 aliphatic heterocycles. The van der Waals surface area contributed by atoms with Crippen molar-refractivity contribution >= 4 is 35.6 Å². The van der Waals surface area contributed by atoms with Crippen LogP contribution in [0.15, 0.2) is 41.4 Å². The lowest BCUT2D eigenvalue weighted by molar-refractivity contribution is 0.398. The van der Waals surface area contributed by atoms with E-state index in [1.165, 1.54) is 11.1 Å². The molecule has 0 heterocycles. The minimum atomic E-state index is 0. The van der Waals surface area contributed by atoms with Gasteiger partial charge in [-0.05, 0) is 73.7 Å². The van der Waals surface area contributed by atoms with Crippen LogP contribution in [0, 0.1) is 13.8 Å². The van der Waals surface area contributed by atoms with Crippen LogP contribution in [0.1, 0.15) is 23.1 Å². The van der Waals surface area contributed by atoms with E-state index in [1.54, 1.807) is 14.2 Å². The largest absolute Gasteiger partial charge is 0.497 e. The summed E-state index contributed by atoms with van der Waals surface area (Å²) >= 11 is 0. The van der Waals surface area contributed by atoms with Crippen molar-refractivity contribution in [3.8, 4) is 11.5 Å². The van der Waals surface area contributed by atoms with Crippen LogP contribution in [-0.2, 0) is 6.42 Å². The highest BCUT2D eigenvalue weighted by Gasteiger charge is 2.05. The number of aryl methyl sites for hydroxylation is 3. The van der Waals surface area contributed by atoms with Gasteiger partial charge in [0, 0.05) is 12.2 Å². The minimum absolute atomic E-state index is 0. The highest BCUT2D eigenvalue weighted by Crippen LogP contribution is 2.25. The highest BCUT2D eigenvalue weighted by molar-refractivity contribution is 14.0. The SMILES string of the molecule is COc1ccc(OC)c(CCCN=C(N)Nc2ccc(C)c(C)c2)c1.I. The van der Waals surface area contributed by atoms with Gasteiger partial charge in [-0.3, -0.25) is 4.99 Å². The summed E-state index contributed by atoms with van der Waals surface area (Å²) in [5, 5.41) is 3.13. The van der Waals surface area contributed by atoms with Crippen LogP contribution < -0.4 is 20.5 Å². The van der Waals surface area contributed by atoms with Crippen LogP contribution in [0.5, 0.6) is 11.5 Å². The Bertz CT molecular complexity index is 748. The molecule has 0 atom stereocenters. The Morgan fingerprint density at radius 2 is 1.81 bits per heavy atom. The summed E-state index contributed by atoms with van der Waals surface area (Å²) in [4.78, 5) is 4.40. The molecule has 0 saturated heterocycles. The Morgan fingerprint density at radius 3 is 2.46 bits per heavy atom. The zero-order valence-corrected chi connectivity index (χ0v) is 18.2. The third-order valence-corrected chi connectivity index (χ3v) is 4.15. The predicted octanol–water partition coefficient (Wildman–Crippen LogP) is 4.30. The van der Waals surface area contributed by atoms with Crippen LogP contribution in [0.4, 0.5) is 5.69 Å². The molecule has 2 rings (SSSR count). The summed E-state index contributed by atoms with van der Waals surface area (Å²) in [6.45, 7) is 4.81. The van der Waals surface area contributed by atoms with E-state index in [4.69, 9.17) is 15.2 Å². The molecule has 26 heavy (non-hydrogen) atoms. The molecule has 3 N–H and O–H groups in total. The maximum atomic E-state index is 5.97. The molecule has 0 aromatic heterocycles. The summed E-state index contributed by atoms with van der Waals surface area (Å²) < 4.78 is 10.7. The number of halogens is 1. The van der Waals surface area contributed by atoms with Crippen LogP contribution >= 0.6 is 24.0 Å². The molecular weight excluding hydrogens is 441 g/mol. The third kappa shape index (κ3) is 6.40. The van der Waals surface area contributed by atoms with Gasteiger partial charge >= 0.3 is 0 Å². The van der Waals surface area contributed by atoms with E-state index >= 15 is 0 Å². The van der Waals surface area contributed by atoms with Crippen LogP contribution in [0.2, 0.25) is 0 Å². The van der Waals surface area contributed by atoms with Gasteiger partial charge < -0.3 is 20.5 Å². The number of methoxy groups -OCH3 is 2. The molecule has 0 spiro atoms. The highest BCUT2D eigenvalue weighted by atomic mass is 127. The number of rotatable bonds is 7. The molecular formula is C20H28IN3O2. The number of nitrogens with one attached hydrogen (secondary N) is 1. The third-order valence-electron chi connectivity index (χ3n) is 4.15. The summed E-state index contributed by atoms with van der Waals surface area (Å²) in [6, 6.07) is 12.0. The second-order valence-corrected chi connectivity index (χ2v) is 5.97. The zero-order valence-electron chi connectivity index (χ0n) is 15.8. The maximum Gasteiger partial charge on any atom is 0.193 e. The van der Waals surface area contributed by atoms with Gasteiger partial charge in [0.25, 0.3) is 0 Å². The van der Waals surface area contributed by atoms with E-state index in [-0.39, 0.29) is 24.0 Å². The van der Waals surface area contributed by atoms with E-state index in [0.29, 0.717) is 12.5 Å². The molecule has 0 radical (unpaired) electrons. The van der Waals surface area contributed by atoms with Gasteiger partial charge in [-0.2, -0.15) is 0 Å². The molecule has 5 nitrogen and oxygen atoms in total. The summed E-state index contributed by atoms with van der Waals surface area (Å²) in [6.07, 6.45) is 1.72. The number of hydrogen-bond donors (Lipinski definition) is 2. The van der Waals surface area contributed by atoms with Gasteiger partial charge in [0.2, 0.25) is 0 Å². The van der Waals surface area contributed by atoms with E-state index < -0.39 is 0 Å². The summed E-state index contributed by atoms with van der Waals surface area (Å²) in [7, 11) is 3.34. The number of aliphatic imine (C=N–C) groups is 1. The van der Waals surface area contributed by atoms with Crippen molar-refractivity contribution in [1.82, 2.24) is 0 Å². The smallest absolute Gasteiger partial charge is 0.193 e. The molecule has 0 amide bonds. The molecule has 0 bridgehead atoms. The number of nitrogens with two attached hydrogens (primary N) is 1. The Balaban J connectivity index is 0.00000338. The molecule has 142 valence electrons. The van der Waals surface area contributed by atoms with Gasteiger partial charge in [-0.1, -0.05) is 6.07 Å². The van der Waals surface area contributed by atoms with Gasteiger partial charge in [-0.15, -0.1) is 24.0 Å². The fourth-order valence-corrected chi connectivity index (χ4v) is 2.55. The van der Waals surface area contributed by atoms with Crippen LogP contribution in [-0.4, -0.2) is 26.7 Å². The van der Waals surface area contributed by atoms with Crippen molar-refractivity contribution in [2.45, 2.75) is 26.7 Å². The van der Waals surface area contributed by atoms with Gasteiger partial charge in [0.05, 0.1) is 14.2 Å². The molecule has 0 aliphatic rings. The summed E-state index contributed by atoms with van der Waals surface area (Å²) in [5.74, 6) is 2.13. The molecule has 2 aromatic carbocycles. The average molecular weight is 469 g/mol. The Kier molecular flexibility index (Phi) is 9.26. The topological polar surface area (TPSA) is 68.9 Å².